The lowest BCUT2D eigenvalue weighted by molar-refractivity contribution is -0.145. The van der Waals surface area contributed by atoms with Crippen LogP contribution in [-0.2, 0) is 11.8 Å². The number of aliphatic carboxylic acids is 1. The molecular formula is C24H24BrFN6O2. The molecule has 5 rings (SSSR count). The normalized spacial score (nSPS) is 19.4. The molecule has 10 heteroatoms. The summed E-state index contributed by atoms with van der Waals surface area (Å²) in [6, 6.07) is 7.95. The van der Waals surface area contributed by atoms with Gasteiger partial charge >= 0.3 is 5.97 Å². The minimum Gasteiger partial charge on any atom is -0.479 e. The molecule has 0 bridgehead atoms. The Labute approximate surface area is 203 Å². The van der Waals surface area contributed by atoms with Gasteiger partial charge in [0.15, 0.2) is 11.8 Å². The summed E-state index contributed by atoms with van der Waals surface area (Å²) in [5, 5.41) is 13.4. The van der Waals surface area contributed by atoms with Gasteiger partial charge in [0.1, 0.15) is 5.82 Å². The number of halogens is 2. The summed E-state index contributed by atoms with van der Waals surface area (Å²) in [6.45, 7) is 0. The smallest absolute Gasteiger partial charge is 0.338 e. The fourth-order valence-electron chi connectivity index (χ4n) is 4.81. The van der Waals surface area contributed by atoms with E-state index in [1.807, 2.05) is 42.1 Å². The molecule has 1 unspecified atom stereocenters. The van der Waals surface area contributed by atoms with E-state index in [2.05, 4.69) is 26.0 Å². The van der Waals surface area contributed by atoms with Crippen molar-refractivity contribution in [2.24, 2.45) is 13.0 Å². The summed E-state index contributed by atoms with van der Waals surface area (Å²) in [5.41, 5.74) is 11.4. The fourth-order valence-corrected chi connectivity index (χ4v) is 5.39. The lowest BCUT2D eigenvalue weighted by Gasteiger charge is -2.29. The van der Waals surface area contributed by atoms with Crippen LogP contribution in [0.5, 0.6) is 0 Å². The highest BCUT2D eigenvalue weighted by molar-refractivity contribution is 9.10. The number of carboxylic acid groups (broad SMARTS) is 1. The number of rotatable bonds is 5. The third kappa shape index (κ3) is 3.85. The Bertz CT molecular complexity index is 1360. The molecule has 8 nitrogen and oxygen atoms in total. The van der Waals surface area contributed by atoms with E-state index in [1.165, 1.54) is 0 Å². The lowest BCUT2D eigenvalue weighted by Crippen LogP contribution is -2.28. The van der Waals surface area contributed by atoms with Crippen LogP contribution in [0.25, 0.3) is 28.2 Å². The number of aryl methyl sites for hydroxylation is 1. The van der Waals surface area contributed by atoms with Crippen LogP contribution in [0, 0.1) is 5.92 Å². The number of nitrogens with zero attached hydrogens (tertiary/aromatic N) is 5. The number of hydrogen-bond acceptors (Lipinski definition) is 5. The largest absolute Gasteiger partial charge is 0.479 e. The minimum atomic E-state index is -1.82. The quantitative estimate of drug-likeness (QED) is 0.384. The summed E-state index contributed by atoms with van der Waals surface area (Å²) in [7, 11) is 1.98. The molecular weight excluding hydrogens is 503 g/mol. The van der Waals surface area contributed by atoms with Crippen molar-refractivity contribution in [1.29, 1.82) is 0 Å². The molecule has 4 heterocycles. The van der Waals surface area contributed by atoms with E-state index in [-0.39, 0.29) is 5.92 Å². The van der Waals surface area contributed by atoms with Gasteiger partial charge in [-0.1, -0.05) is 6.07 Å². The van der Waals surface area contributed by atoms with Gasteiger partial charge in [0.25, 0.3) is 0 Å². The molecule has 1 atom stereocenters. The summed E-state index contributed by atoms with van der Waals surface area (Å²) < 4.78 is 18.3. The Kier molecular flexibility index (Phi) is 5.85. The first-order valence-corrected chi connectivity index (χ1v) is 11.9. The first kappa shape index (κ1) is 22.5. The topological polar surface area (TPSA) is 111 Å². The average molecular weight is 527 g/mol. The van der Waals surface area contributed by atoms with E-state index in [4.69, 9.17) is 15.8 Å². The fraction of sp³-hybridized carbons (Fsp3) is 0.333. The van der Waals surface area contributed by atoms with Gasteiger partial charge in [0, 0.05) is 42.4 Å². The van der Waals surface area contributed by atoms with E-state index in [0.29, 0.717) is 41.6 Å². The van der Waals surface area contributed by atoms with Crippen molar-refractivity contribution in [3.05, 3.63) is 53.0 Å². The van der Waals surface area contributed by atoms with Crippen molar-refractivity contribution >= 4 is 33.4 Å². The second-order valence-corrected chi connectivity index (χ2v) is 9.57. The van der Waals surface area contributed by atoms with Crippen LogP contribution < -0.4 is 5.73 Å². The molecule has 0 aliphatic heterocycles. The van der Waals surface area contributed by atoms with Crippen LogP contribution >= 0.6 is 15.9 Å². The highest BCUT2D eigenvalue weighted by Gasteiger charge is 2.34. The summed E-state index contributed by atoms with van der Waals surface area (Å²) >= 11 is 3.58. The molecule has 4 aromatic rings. The maximum absolute atomic E-state index is 14.0. The molecule has 1 fully saturated rings. The summed E-state index contributed by atoms with van der Waals surface area (Å²) in [5.74, 6) is -1.35. The van der Waals surface area contributed by atoms with Gasteiger partial charge in [-0.05, 0) is 59.8 Å². The number of carbonyl (C=O) groups is 1. The maximum Gasteiger partial charge on any atom is 0.338 e. The molecule has 176 valence electrons. The van der Waals surface area contributed by atoms with Crippen LogP contribution in [0.15, 0.2) is 47.3 Å². The number of alkyl halides is 1. The van der Waals surface area contributed by atoms with E-state index in [1.54, 1.807) is 16.9 Å². The molecule has 1 aliphatic rings. The molecule has 1 aliphatic carbocycles. The second kappa shape index (κ2) is 8.83. The number of carboxylic acids is 1. The zero-order valence-corrected chi connectivity index (χ0v) is 20.1. The molecule has 0 radical (unpaired) electrons. The zero-order valence-electron chi connectivity index (χ0n) is 18.5. The number of nitrogen functional groups attached to an aromatic ring is 1. The molecule has 0 spiro atoms. The molecule has 4 aromatic heterocycles. The molecule has 0 aromatic carbocycles. The molecule has 3 N–H and O–H groups in total. The Balaban J connectivity index is 1.47. The van der Waals surface area contributed by atoms with Crippen LogP contribution in [0.1, 0.15) is 37.3 Å². The number of fused-ring (bicyclic) bond motifs is 1. The molecule has 0 saturated heterocycles. The monoisotopic (exact) mass is 526 g/mol. The van der Waals surface area contributed by atoms with Crippen molar-refractivity contribution in [2.45, 2.75) is 37.8 Å². The highest BCUT2D eigenvalue weighted by atomic mass is 79.9. The number of pyridine rings is 1. The van der Waals surface area contributed by atoms with Crippen molar-refractivity contribution in [2.75, 3.05) is 5.73 Å². The Morgan fingerprint density at radius 3 is 2.62 bits per heavy atom. The van der Waals surface area contributed by atoms with Gasteiger partial charge in [-0.2, -0.15) is 9.61 Å². The summed E-state index contributed by atoms with van der Waals surface area (Å²) in [6.07, 6.45) is 5.97. The number of anilines is 1. The van der Waals surface area contributed by atoms with Crippen LogP contribution in [-0.4, -0.2) is 41.4 Å². The van der Waals surface area contributed by atoms with Gasteiger partial charge < -0.3 is 15.4 Å². The number of hydrogen-bond donors (Lipinski definition) is 2. The third-order valence-corrected chi connectivity index (χ3v) is 7.55. The standard InChI is InChI=1S/C24H24BrFN6O2/c1-31-10-2-3-18(31)17-9-8-15(11-28-17)16-12-29-32-22(27)19(25)21(30-23(16)32)14-6-4-13(5-7-14)20(26)24(33)34/h2-3,8-14,20H,4-7,27H2,1H3,(H,33,34). The first-order valence-electron chi connectivity index (χ1n) is 11.1. The first-order chi connectivity index (χ1) is 16.3. The second-order valence-electron chi connectivity index (χ2n) is 8.78. The van der Waals surface area contributed by atoms with Crippen molar-refractivity contribution in [1.82, 2.24) is 24.1 Å². The predicted molar refractivity (Wildman–Crippen MR) is 130 cm³/mol. The van der Waals surface area contributed by atoms with Crippen LogP contribution in [0.3, 0.4) is 0 Å². The molecule has 1 saturated carbocycles. The van der Waals surface area contributed by atoms with Gasteiger partial charge in [-0.3, -0.25) is 4.98 Å². The lowest BCUT2D eigenvalue weighted by atomic mass is 9.78. The predicted octanol–water partition coefficient (Wildman–Crippen LogP) is 4.84. The molecule has 34 heavy (non-hydrogen) atoms. The van der Waals surface area contributed by atoms with E-state index >= 15 is 0 Å². The van der Waals surface area contributed by atoms with E-state index < -0.39 is 18.1 Å². The molecule has 0 amide bonds. The van der Waals surface area contributed by atoms with Crippen molar-refractivity contribution in [3.8, 4) is 22.5 Å². The maximum atomic E-state index is 14.0. The Morgan fingerprint density at radius 1 is 1.24 bits per heavy atom. The minimum absolute atomic E-state index is 0.0551. The van der Waals surface area contributed by atoms with Gasteiger partial charge in [0.2, 0.25) is 0 Å². The van der Waals surface area contributed by atoms with Crippen molar-refractivity contribution < 1.29 is 14.3 Å². The van der Waals surface area contributed by atoms with Gasteiger partial charge in [0.05, 0.1) is 27.8 Å². The average Bonchev–Trinajstić information content (AvgIpc) is 3.47. The Hall–Kier alpha value is -3.27. The number of aromatic nitrogens is 5. The van der Waals surface area contributed by atoms with Gasteiger partial charge in [-0.25, -0.2) is 14.2 Å². The number of nitrogens with two attached hydrogens (primary N) is 1. The zero-order chi connectivity index (χ0) is 24.0. The SMILES string of the molecule is Cn1cccc1-c1ccc(-c2cnn3c(N)c(Br)c(C4CCC(C(F)C(=O)O)CC4)nc23)cn1. The summed E-state index contributed by atoms with van der Waals surface area (Å²) in [4.78, 5) is 20.6. The third-order valence-electron chi connectivity index (χ3n) is 6.74. The van der Waals surface area contributed by atoms with E-state index in [0.717, 1.165) is 28.2 Å². The van der Waals surface area contributed by atoms with Crippen LogP contribution in [0.4, 0.5) is 10.2 Å². The Morgan fingerprint density at radius 2 is 2.00 bits per heavy atom. The van der Waals surface area contributed by atoms with Gasteiger partial charge in [-0.15, -0.1) is 0 Å². The van der Waals surface area contributed by atoms with E-state index in [9.17, 15) is 9.18 Å². The highest BCUT2D eigenvalue weighted by Crippen LogP contribution is 2.41. The van der Waals surface area contributed by atoms with Crippen LogP contribution in [0.2, 0.25) is 0 Å². The van der Waals surface area contributed by atoms with Crippen molar-refractivity contribution in [3.63, 3.8) is 0 Å².